The van der Waals surface area contributed by atoms with E-state index in [4.69, 9.17) is 11.6 Å². The fourth-order valence-electron chi connectivity index (χ4n) is 1.73. The Morgan fingerprint density at radius 1 is 1.16 bits per heavy atom. The van der Waals surface area contributed by atoms with Crippen molar-refractivity contribution in [2.24, 2.45) is 0 Å². The summed E-state index contributed by atoms with van der Waals surface area (Å²) in [6, 6.07) is 11.1. The van der Waals surface area contributed by atoms with E-state index >= 15 is 0 Å². The maximum absolute atomic E-state index is 11.9. The van der Waals surface area contributed by atoms with Crippen LogP contribution in [0.5, 0.6) is 0 Å². The Bertz CT molecular complexity index is 594. The van der Waals surface area contributed by atoms with Crippen LogP contribution in [-0.4, -0.2) is 10.9 Å². The quantitative estimate of drug-likeness (QED) is 0.873. The molecule has 1 aromatic heterocycles. The first-order chi connectivity index (χ1) is 9.06. The van der Waals surface area contributed by atoms with Crippen LogP contribution in [0.3, 0.4) is 0 Å². The van der Waals surface area contributed by atoms with E-state index in [0.717, 1.165) is 16.8 Å². The lowest BCUT2D eigenvalue weighted by atomic mass is 10.1. The number of halogens is 1. The number of aromatic nitrogens is 1. The van der Waals surface area contributed by atoms with Gasteiger partial charge in [0.1, 0.15) is 5.15 Å². The average molecular weight is 275 g/mol. The SMILES string of the molecule is Cc1ccc(C(=O)NCc2ccc(Cl)nc2C)cc1. The highest BCUT2D eigenvalue weighted by molar-refractivity contribution is 6.29. The van der Waals surface area contributed by atoms with Crippen molar-refractivity contribution in [3.8, 4) is 0 Å². The Balaban J connectivity index is 2.02. The Kier molecular flexibility index (Phi) is 4.17. The number of nitrogens with zero attached hydrogens (tertiary/aromatic N) is 1. The highest BCUT2D eigenvalue weighted by atomic mass is 35.5. The molecule has 1 N–H and O–H groups in total. The fourth-order valence-corrected chi connectivity index (χ4v) is 1.92. The van der Waals surface area contributed by atoms with Gasteiger partial charge in [-0.15, -0.1) is 0 Å². The number of carbonyl (C=O) groups is 1. The van der Waals surface area contributed by atoms with E-state index < -0.39 is 0 Å². The summed E-state index contributed by atoms with van der Waals surface area (Å²) in [7, 11) is 0. The summed E-state index contributed by atoms with van der Waals surface area (Å²) < 4.78 is 0. The van der Waals surface area contributed by atoms with Crippen molar-refractivity contribution in [2.75, 3.05) is 0 Å². The number of hydrogen-bond acceptors (Lipinski definition) is 2. The zero-order chi connectivity index (χ0) is 13.8. The Hall–Kier alpha value is -1.87. The number of carbonyl (C=O) groups excluding carboxylic acids is 1. The third-order valence-electron chi connectivity index (χ3n) is 2.91. The van der Waals surface area contributed by atoms with Gasteiger partial charge >= 0.3 is 0 Å². The Morgan fingerprint density at radius 3 is 2.47 bits per heavy atom. The standard InChI is InChI=1S/C15H15ClN2O/c1-10-3-5-12(6-4-10)15(19)17-9-13-7-8-14(16)18-11(13)2/h3-8H,9H2,1-2H3,(H,17,19). The highest BCUT2D eigenvalue weighted by Crippen LogP contribution is 2.11. The van der Waals surface area contributed by atoms with E-state index in [-0.39, 0.29) is 5.91 Å². The predicted octanol–water partition coefficient (Wildman–Crippen LogP) is 3.28. The van der Waals surface area contributed by atoms with Crippen LogP contribution in [0.4, 0.5) is 0 Å². The minimum absolute atomic E-state index is 0.0886. The Morgan fingerprint density at radius 2 is 1.84 bits per heavy atom. The first kappa shape index (κ1) is 13.6. The van der Waals surface area contributed by atoms with Crippen molar-refractivity contribution in [1.82, 2.24) is 10.3 Å². The number of amides is 1. The normalized spacial score (nSPS) is 10.3. The molecule has 0 unspecified atom stereocenters. The number of pyridine rings is 1. The summed E-state index contributed by atoms with van der Waals surface area (Å²) in [6.07, 6.45) is 0. The van der Waals surface area contributed by atoms with Gasteiger partial charge in [-0.1, -0.05) is 35.4 Å². The molecular weight excluding hydrogens is 260 g/mol. The third kappa shape index (κ3) is 3.55. The molecule has 0 fully saturated rings. The van der Waals surface area contributed by atoms with Gasteiger partial charge in [-0.25, -0.2) is 4.98 Å². The highest BCUT2D eigenvalue weighted by Gasteiger charge is 2.06. The topological polar surface area (TPSA) is 42.0 Å². The molecular formula is C15H15ClN2O. The second kappa shape index (κ2) is 5.85. The zero-order valence-corrected chi connectivity index (χ0v) is 11.7. The molecule has 19 heavy (non-hydrogen) atoms. The lowest BCUT2D eigenvalue weighted by molar-refractivity contribution is 0.0951. The molecule has 1 heterocycles. The van der Waals surface area contributed by atoms with Crippen LogP contribution in [0, 0.1) is 13.8 Å². The van der Waals surface area contributed by atoms with Gasteiger partial charge in [0.05, 0.1) is 0 Å². The van der Waals surface area contributed by atoms with Crippen molar-refractivity contribution in [3.05, 3.63) is 63.9 Å². The minimum atomic E-state index is -0.0886. The van der Waals surface area contributed by atoms with Gasteiger partial charge in [0, 0.05) is 17.8 Å². The maximum Gasteiger partial charge on any atom is 0.251 e. The van der Waals surface area contributed by atoms with Crippen LogP contribution in [-0.2, 0) is 6.54 Å². The minimum Gasteiger partial charge on any atom is -0.348 e. The van der Waals surface area contributed by atoms with Gasteiger partial charge in [0.25, 0.3) is 5.91 Å². The molecule has 1 aromatic carbocycles. The molecule has 0 aliphatic rings. The van der Waals surface area contributed by atoms with E-state index in [0.29, 0.717) is 17.3 Å². The second-order valence-electron chi connectivity index (χ2n) is 4.43. The van der Waals surface area contributed by atoms with Crippen LogP contribution in [0.2, 0.25) is 5.15 Å². The molecule has 0 bridgehead atoms. The van der Waals surface area contributed by atoms with Gasteiger partial charge in [0.2, 0.25) is 0 Å². The molecule has 0 spiro atoms. The van der Waals surface area contributed by atoms with Crippen molar-refractivity contribution in [2.45, 2.75) is 20.4 Å². The number of rotatable bonds is 3. The lowest BCUT2D eigenvalue weighted by Crippen LogP contribution is -2.23. The van der Waals surface area contributed by atoms with E-state index in [2.05, 4.69) is 10.3 Å². The molecule has 2 aromatic rings. The second-order valence-corrected chi connectivity index (χ2v) is 4.81. The van der Waals surface area contributed by atoms with Crippen LogP contribution in [0.1, 0.15) is 27.2 Å². The maximum atomic E-state index is 11.9. The number of aryl methyl sites for hydroxylation is 2. The first-order valence-corrected chi connectivity index (χ1v) is 6.41. The number of benzene rings is 1. The molecule has 0 aliphatic carbocycles. The Labute approximate surface area is 117 Å². The molecule has 2 rings (SSSR count). The molecule has 0 atom stereocenters. The first-order valence-electron chi connectivity index (χ1n) is 6.03. The van der Waals surface area contributed by atoms with Crippen LogP contribution >= 0.6 is 11.6 Å². The average Bonchev–Trinajstić information content (AvgIpc) is 2.38. The van der Waals surface area contributed by atoms with Crippen molar-refractivity contribution in [3.63, 3.8) is 0 Å². The number of nitrogens with one attached hydrogen (secondary N) is 1. The zero-order valence-electron chi connectivity index (χ0n) is 10.9. The van der Waals surface area contributed by atoms with E-state index in [1.807, 2.05) is 44.2 Å². The van der Waals surface area contributed by atoms with Gasteiger partial charge in [-0.3, -0.25) is 4.79 Å². The molecule has 3 nitrogen and oxygen atoms in total. The van der Waals surface area contributed by atoms with Crippen LogP contribution in [0.15, 0.2) is 36.4 Å². The summed E-state index contributed by atoms with van der Waals surface area (Å²) in [5.74, 6) is -0.0886. The summed E-state index contributed by atoms with van der Waals surface area (Å²) in [5.41, 5.74) is 3.58. The molecule has 0 aliphatic heterocycles. The molecule has 0 saturated carbocycles. The third-order valence-corrected chi connectivity index (χ3v) is 3.12. The molecule has 1 amide bonds. The van der Waals surface area contributed by atoms with Gasteiger partial charge < -0.3 is 5.32 Å². The fraction of sp³-hybridized carbons (Fsp3) is 0.200. The monoisotopic (exact) mass is 274 g/mol. The summed E-state index contributed by atoms with van der Waals surface area (Å²) in [6.45, 7) is 4.31. The van der Waals surface area contributed by atoms with Crippen molar-refractivity contribution >= 4 is 17.5 Å². The summed E-state index contributed by atoms with van der Waals surface area (Å²) in [4.78, 5) is 16.1. The van der Waals surface area contributed by atoms with E-state index in [1.165, 1.54) is 0 Å². The van der Waals surface area contributed by atoms with Crippen LogP contribution < -0.4 is 5.32 Å². The van der Waals surface area contributed by atoms with Gasteiger partial charge in [0.15, 0.2) is 0 Å². The summed E-state index contributed by atoms with van der Waals surface area (Å²) >= 11 is 5.79. The molecule has 0 saturated heterocycles. The molecule has 98 valence electrons. The van der Waals surface area contributed by atoms with Crippen molar-refractivity contribution in [1.29, 1.82) is 0 Å². The smallest absolute Gasteiger partial charge is 0.251 e. The van der Waals surface area contributed by atoms with Crippen molar-refractivity contribution < 1.29 is 4.79 Å². The van der Waals surface area contributed by atoms with Gasteiger partial charge in [-0.05, 0) is 37.6 Å². The van der Waals surface area contributed by atoms with E-state index in [9.17, 15) is 4.79 Å². The molecule has 0 radical (unpaired) electrons. The van der Waals surface area contributed by atoms with E-state index in [1.54, 1.807) is 6.07 Å². The predicted molar refractivity (Wildman–Crippen MR) is 76.3 cm³/mol. The van der Waals surface area contributed by atoms with Gasteiger partial charge in [-0.2, -0.15) is 0 Å². The summed E-state index contributed by atoms with van der Waals surface area (Å²) in [5, 5.41) is 3.34. The number of hydrogen-bond donors (Lipinski definition) is 1. The lowest BCUT2D eigenvalue weighted by Gasteiger charge is -2.08. The largest absolute Gasteiger partial charge is 0.348 e. The molecule has 4 heteroatoms. The van der Waals surface area contributed by atoms with Crippen LogP contribution in [0.25, 0.3) is 0 Å².